The van der Waals surface area contributed by atoms with Gasteiger partial charge in [-0.25, -0.2) is 0 Å². The first kappa shape index (κ1) is 15.5. The fourth-order valence-electron chi connectivity index (χ4n) is 2.45. The first-order valence-electron chi connectivity index (χ1n) is 7.41. The van der Waals surface area contributed by atoms with Crippen molar-refractivity contribution < 1.29 is 9.63 Å². The summed E-state index contributed by atoms with van der Waals surface area (Å²) >= 11 is 0. The summed E-state index contributed by atoms with van der Waals surface area (Å²) in [6.07, 6.45) is 2.07. The van der Waals surface area contributed by atoms with Crippen molar-refractivity contribution in [2.75, 3.05) is 0 Å². The van der Waals surface area contributed by atoms with E-state index in [2.05, 4.69) is 26.3 Å². The molecule has 0 aliphatic heterocycles. The van der Waals surface area contributed by atoms with Gasteiger partial charge in [0.1, 0.15) is 0 Å². The zero-order valence-electron chi connectivity index (χ0n) is 13.2. The molecule has 0 unspecified atom stereocenters. The van der Waals surface area contributed by atoms with Gasteiger partial charge in [0.15, 0.2) is 11.5 Å². The van der Waals surface area contributed by atoms with Crippen molar-refractivity contribution in [2.45, 2.75) is 46.1 Å². The van der Waals surface area contributed by atoms with Gasteiger partial charge in [0.2, 0.25) is 0 Å². The van der Waals surface area contributed by atoms with E-state index in [0.29, 0.717) is 11.3 Å². The molecule has 0 aromatic heterocycles. The second-order valence-corrected chi connectivity index (χ2v) is 6.09. The van der Waals surface area contributed by atoms with Gasteiger partial charge in [0.25, 0.3) is 0 Å². The molecule has 0 radical (unpaired) electrons. The van der Waals surface area contributed by atoms with Crippen LogP contribution in [0.4, 0.5) is 0 Å². The number of carbonyl (C=O) groups excluding carboxylic acids is 1. The Bertz CT molecular complexity index is 647. The maximum Gasteiger partial charge on any atom is 0.163 e. The maximum atomic E-state index is 11.9. The molecule has 3 nitrogen and oxygen atoms in total. The van der Waals surface area contributed by atoms with Gasteiger partial charge in [0.05, 0.1) is 5.56 Å². The molecular formula is C18H23NO2. The molecule has 1 N–H and O–H groups in total. The molecule has 2 rings (SSSR count). The summed E-state index contributed by atoms with van der Waals surface area (Å²) in [6.45, 7) is 7.88. The van der Waals surface area contributed by atoms with Crippen LogP contribution in [-0.2, 0) is 0 Å². The zero-order valence-corrected chi connectivity index (χ0v) is 13.2. The Morgan fingerprint density at radius 3 is 2.38 bits per heavy atom. The van der Waals surface area contributed by atoms with E-state index in [4.69, 9.17) is 4.84 Å². The lowest BCUT2D eigenvalue weighted by Crippen LogP contribution is -2.41. The average molecular weight is 285 g/mol. The average Bonchev–Trinajstić information content (AvgIpc) is 2.44. The summed E-state index contributed by atoms with van der Waals surface area (Å²) in [6, 6.07) is 11.8. The van der Waals surface area contributed by atoms with E-state index in [1.165, 1.54) is 0 Å². The van der Waals surface area contributed by atoms with Crippen LogP contribution in [-0.4, -0.2) is 11.3 Å². The molecule has 0 amide bonds. The highest BCUT2D eigenvalue weighted by Gasteiger charge is 2.18. The van der Waals surface area contributed by atoms with Gasteiger partial charge in [0, 0.05) is 5.54 Å². The number of hydrogen-bond donors (Lipinski definition) is 1. The summed E-state index contributed by atoms with van der Waals surface area (Å²) in [5, 5.41) is 2.11. The third kappa shape index (κ3) is 3.82. The fraction of sp³-hybridized carbons (Fsp3) is 0.389. The number of benzene rings is 2. The third-order valence-corrected chi connectivity index (χ3v) is 3.54. The van der Waals surface area contributed by atoms with Gasteiger partial charge in [-0.1, -0.05) is 37.6 Å². The molecule has 0 bridgehead atoms. The molecule has 0 saturated carbocycles. The quantitative estimate of drug-likeness (QED) is 0.627. The molecule has 0 fully saturated rings. The number of nitrogens with one attached hydrogen (secondary N) is 1. The van der Waals surface area contributed by atoms with Crippen molar-refractivity contribution in [1.29, 1.82) is 0 Å². The van der Waals surface area contributed by atoms with Gasteiger partial charge < -0.3 is 4.84 Å². The van der Waals surface area contributed by atoms with E-state index in [-0.39, 0.29) is 11.3 Å². The van der Waals surface area contributed by atoms with Crippen molar-refractivity contribution in [3.63, 3.8) is 0 Å². The molecule has 0 aliphatic carbocycles. The maximum absolute atomic E-state index is 11.9. The van der Waals surface area contributed by atoms with Crippen LogP contribution in [0.1, 0.15) is 50.9 Å². The Balaban J connectivity index is 2.33. The predicted octanol–water partition coefficient (Wildman–Crippen LogP) is 4.50. The third-order valence-electron chi connectivity index (χ3n) is 3.54. The summed E-state index contributed by atoms with van der Waals surface area (Å²) in [7, 11) is 0. The molecule has 0 saturated heterocycles. The first-order valence-corrected chi connectivity index (χ1v) is 7.41. The zero-order chi connectivity index (χ0) is 15.5. The number of fused-ring (bicyclic) bond motifs is 1. The highest BCUT2D eigenvalue weighted by molar-refractivity contribution is 6.01. The minimum Gasteiger partial charge on any atom is -0.407 e. The van der Waals surface area contributed by atoms with Crippen LogP contribution in [0.25, 0.3) is 10.8 Å². The minimum atomic E-state index is -0.131. The molecule has 3 heteroatoms. The van der Waals surface area contributed by atoms with Crippen LogP contribution in [0.5, 0.6) is 5.75 Å². The minimum absolute atomic E-state index is 0.00542. The Hall–Kier alpha value is -1.87. The van der Waals surface area contributed by atoms with Gasteiger partial charge in [-0.2, -0.15) is 5.48 Å². The van der Waals surface area contributed by atoms with E-state index in [9.17, 15) is 4.79 Å². The molecule has 0 spiro atoms. The summed E-state index contributed by atoms with van der Waals surface area (Å²) in [4.78, 5) is 17.6. The van der Waals surface area contributed by atoms with E-state index in [0.717, 1.165) is 23.6 Å². The molecular weight excluding hydrogens is 262 g/mol. The molecule has 0 heterocycles. The normalized spacial score (nSPS) is 11.6. The summed E-state index contributed by atoms with van der Waals surface area (Å²) < 4.78 is 0. The van der Waals surface area contributed by atoms with Crippen molar-refractivity contribution in [3.8, 4) is 5.75 Å². The molecule has 2 aromatic carbocycles. The van der Waals surface area contributed by atoms with E-state index >= 15 is 0 Å². The van der Waals surface area contributed by atoms with Gasteiger partial charge in [-0.15, -0.1) is 0 Å². The van der Waals surface area contributed by atoms with Crippen molar-refractivity contribution in [3.05, 3.63) is 42.0 Å². The lowest BCUT2D eigenvalue weighted by Gasteiger charge is -2.25. The number of rotatable bonds is 6. The number of Topliss-reactive ketones (excluding diaryl/α,β-unsaturated/α-hetero) is 1. The van der Waals surface area contributed by atoms with Crippen LogP contribution in [0, 0.1) is 0 Å². The fourth-order valence-corrected chi connectivity index (χ4v) is 2.45. The van der Waals surface area contributed by atoms with Gasteiger partial charge in [-0.05, 0) is 50.1 Å². The van der Waals surface area contributed by atoms with Crippen LogP contribution in [0.15, 0.2) is 36.4 Å². The second-order valence-electron chi connectivity index (χ2n) is 6.09. The van der Waals surface area contributed by atoms with E-state index < -0.39 is 0 Å². The van der Waals surface area contributed by atoms with Crippen LogP contribution in [0.2, 0.25) is 0 Å². The number of carbonyl (C=O) groups is 1. The van der Waals surface area contributed by atoms with E-state index in [1.807, 2.05) is 36.4 Å². The SMILES string of the molecule is CCCC(C)(C)NOc1cc2ccccc2cc1C(C)=O. The Morgan fingerprint density at radius 1 is 1.19 bits per heavy atom. The Labute approximate surface area is 126 Å². The highest BCUT2D eigenvalue weighted by atomic mass is 16.6. The van der Waals surface area contributed by atoms with Crippen LogP contribution >= 0.6 is 0 Å². The molecule has 0 aliphatic rings. The smallest absolute Gasteiger partial charge is 0.163 e. The van der Waals surface area contributed by atoms with Crippen molar-refractivity contribution in [1.82, 2.24) is 5.48 Å². The van der Waals surface area contributed by atoms with Crippen LogP contribution in [0.3, 0.4) is 0 Å². The highest BCUT2D eigenvalue weighted by Crippen LogP contribution is 2.27. The molecule has 2 aromatic rings. The van der Waals surface area contributed by atoms with Crippen molar-refractivity contribution in [2.24, 2.45) is 0 Å². The predicted molar refractivity (Wildman–Crippen MR) is 86.7 cm³/mol. The molecule has 0 atom stereocenters. The lowest BCUT2D eigenvalue weighted by atomic mass is 10.0. The monoisotopic (exact) mass is 285 g/mol. The largest absolute Gasteiger partial charge is 0.407 e. The summed E-state index contributed by atoms with van der Waals surface area (Å²) in [5.41, 5.74) is 3.56. The number of hydroxylamine groups is 1. The molecule has 112 valence electrons. The molecule has 21 heavy (non-hydrogen) atoms. The van der Waals surface area contributed by atoms with Crippen molar-refractivity contribution >= 4 is 16.6 Å². The second kappa shape index (κ2) is 6.27. The first-order chi connectivity index (χ1) is 9.93. The number of hydrogen-bond acceptors (Lipinski definition) is 3. The summed E-state index contributed by atoms with van der Waals surface area (Å²) in [5.74, 6) is 0.594. The standard InChI is InChI=1S/C18H23NO2/c1-5-10-18(3,4)19-21-17-12-15-9-7-6-8-14(15)11-16(17)13(2)20/h6-9,11-12,19H,5,10H2,1-4H3. The van der Waals surface area contributed by atoms with Gasteiger partial charge >= 0.3 is 0 Å². The van der Waals surface area contributed by atoms with Crippen LogP contribution < -0.4 is 10.3 Å². The topological polar surface area (TPSA) is 38.3 Å². The lowest BCUT2D eigenvalue weighted by molar-refractivity contribution is 0.0934. The Morgan fingerprint density at radius 2 is 1.81 bits per heavy atom. The van der Waals surface area contributed by atoms with E-state index in [1.54, 1.807) is 6.92 Å². The Kier molecular flexibility index (Phi) is 4.63. The number of ketones is 1. The van der Waals surface area contributed by atoms with Gasteiger partial charge in [-0.3, -0.25) is 4.79 Å².